The molecular weight excluding hydrogens is 374 g/mol. The van der Waals surface area contributed by atoms with Gasteiger partial charge in [-0.2, -0.15) is 0 Å². The van der Waals surface area contributed by atoms with E-state index in [0.29, 0.717) is 36.0 Å². The summed E-state index contributed by atoms with van der Waals surface area (Å²) in [5.74, 6) is 0.535. The normalized spacial score (nSPS) is 20.1. The molecule has 2 saturated heterocycles. The average molecular weight is 389 g/mol. The van der Waals surface area contributed by atoms with Crippen LogP contribution in [-0.2, 0) is 4.79 Å². The number of amides is 3. The number of likely N-dealkylation sites (tertiary alicyclic amines) is 1. The van der Waals surface area contributed by atoms with E-state index in [4.69, 9.17) is 4.74 Å². The van der Waals surface area contributed by atoms with Crippen LogP contribution in [0, 0.1) is 0 Å². The van der Waals surface area contributed by atoms with E-state index in [2.05, 4.69) is 4.98 Å². The second kappa shape index (κ2) is 7.08. The van der Waals surface area contributed by atoms with E-state index in [9.17, 15) is 14.4 Å². The SMILES string of the molecule is O=C(c1ccc(Oc2nccs2)cc1)N1CCC(N2C(=O)CSC2=O)C1. The highest BCUT2D eigenvalue weighted by Crippen LogP contribution is 2.28. The van der Waals surface area contributed by atoms with E-state index in [-0.39, 0.29) is 28.8 Å². The summed E-state index contributed by atoms with van der Waals surface area (Å²) >= 11 is 2.42. The number of rotatable bonds is 4. The number of hydrogen-bond donors (Lipinski definition) is 0. The van der Waals surface area contributed by atoms with Crippen molar-refractivity contribution in [1.29, 1.82) is 0 Å². The van der Waals surface area contributed by atoms with Crippen LogP contribution in [-0.4, -0.2) is 56.7 Å². The van der Waals surface area contributed by atoms with E-state index in [1.54, 1.807) is 35.4 Å². The third-order valence-corrected chi connectivity index (χ3v) is 5.80. The number of ether oxygens (including phenoxy) is 1. The predicted molar refractivity (Wildman–Crippen MR) is 97.6 cm³/mol. The molecule has 134 valence electrons. The highest BCUT2D eigenvalue weighted by molar-refractivity contribution is 8.14. The Hall–Kier alpha value is -2.39. The lowest BCUT2D eigenvalue weighted by molar-refractivity contribution is -0.126. The standard InChI is InChI=1S/C17H15N3O4S2/c21-14-10-26-17(23)20(14)12-5-7-19(9-12)15(22)11-1-3-13(4-2-11)24-16-18-6-8-25-16/h1-4,6,8,12H,5,7,9-10H2. The van der Waals surface area contributed by atoms with Gasteiger partial charge in [-0.15, -0.1) is 0 Å². The third kappa shape index (κ3) is 3.32. The molecule has 1 unspecified atom stereocenters. The monoisotopic (exact) mass is 389 g/mol. The van der Waals surface area contributed by atoms with Gasteiger partial charge in [0.05, 0.1) is 11.8 Å². The van der Waals surface area contributed by atoms with E-state index in [0.717, 1.165) is 11.8 Å². The first-order chi connectivity index (χ1) is 12.6. The van der Waals surface area contributed by atoms with Gasteiger partial charge in [0.25, 0.3) is 16.3 Å². The lowest BCUT2D eigenvalue weighted by Crippen LogP contribution is -2.41. The van der Waals surface area contributed by atoms with Crippen LogP contribution in [0.25, 0.3) is 0 Å². The van der Waals surface area contributed by atoms with Crippen molar-refractivity contribution < 1.29 is 19.1 Å². The van der Waals surface area contributed by atoms with Crippen LogP contribution in [0.4, 0.5) is 4.79 Å². The van der Waals surface area contributed by atoms with Crippen molar-refractivity contribution in [1.82, 2.24) is 14.8 Å². The molecule has 1 aromatic carbocycles. The van der Waals surface area contributed by atoms with E-state index in [1.807, 2.05) is 5.38 Å². The maximum atomic E-state index is 12.7. The quantitative estimate of drug-likeness (QED) is 0.800. The number of nitrogens with zero attached hydrogens (tertiary/aromatic N) is 3. The number of carbonyl (C=O) groups excluding carboxylic acids is 3. The molecule has 0 aliphatic carbocycles. The molecular formula is C17H15N3O4S2. The van der Waals surface area contributed by atoms with Crippen LogP contribution in [0.15, 0.2) is 35.8 Å². The maximum absolute atomic E-state index is 12.7. The molecule has 2 aliphatic rings. The highest BCUT2D eigenvalue weighted by atomic mass is 32.2. The van der Waals surface area contributed by atoms with Gasteiger partial charge in [-0.3, -0.25) is 19.3 Å². The molecule has 0 bridgehead atoms. The fraction of sp³-hybridized carbons (Fsp3) is 0.294. The molecule has 1 atom stereocenters. The van der Waals surface area contributed by atoms with E-state index < -0.39 is 0 Å². The lowest BCUT2D eigenvalue weighted by Gasteiger charge is -2.22. The molecule has 26 heavy (non-hydrogen) atoms. The molecule has 1 aromatic heterocycles. The van der Waals surface area contributed by atoms with Crippen LogP contribution in [0.1, 0.15) is 16.8 Å². The molecule has 2 aliphatic heterocycles. The van der Waals surface area contributed by atoms with E-state index >= 15 is 0 Å². The smallest absolute Gasteiger partial charge is 0.289 e. The Labute approximate surface area is 157 Å². The van der Waals surface area contributed by atoms with Gasteiger partial charge >= 0.3 is 0 Å². The summed E-state index contributed by atoms with van der Waals surface area (Å²) in [6, 6.07) is 6.65. The first-order valence-corrected chi connectivity index (χ1v) is 9.94. The molecule has 3 heterocycles. The van der Waals surface area contributed by atoms with Crippen molar-refractivity contribution in [3.63, 3.8) is 0 Å². The maximum Gasteiger partial charge on any atom is 0.289 e. The Bertz CT molecular complexity index is 822. The molecule has 0 radical (unpaired) electrons. The first-order valence-electron chi connectivity index (χ1n) is 8.07. The summed E-state index contributed by atoms with van der Waals surface area (Å²) in [4.78, 5) is 43.4. The summed E-state index contributed by atoms with van der Waals surface area (Å²) in [5.41, 5.74) is 0.547. The zero-order valence-electron chi connectivity index (χ0n) is 13.7. The van der Waals surface area contributed by atoms with Gasteiger partial charge < -0.3 is 9.64 Å². The van der Waals surface area contributed by atoms with Crippen molar-refractivity contribution in [3.05, 3.63) is 41.4 Å². The molecule has 0 spiro atoms. The molecule has 7 nitrogen and oxygen atoms in total. The summed E-state index contributed by atoms with van der Waals surface area (Å²) in [5, 5.41) is 2.16. The van der Waals surface area contributed by atoms with Gasteiger partial charge in [-0.1, -0.05) is 23.1 Å². The number of benzene rings is 1. The van der Waals surface area contributed by atoms with Gasteiger partial charge in [0, 0.05) is 30.2 Å². The zero-order valence-corrected chi connectivity index (χ0v) is 15.3. The number of imide groups is 1. The van der Waals surface area contributed by atoms with Gasteiger partial charge in [0.1, 0.15) is 5.75 Å². The Morgan fingerprint density at radius 3 is 2.69 bits per heavy atom. The fourth-order valence-corrected chi connectivity index (χ4v) is 4.34. The molecule has 2 fully saturated rings. The Morgan fingerprint density at radius 1 is 1.23 bits per heavy atom. The van der Waals surface area contributed by atoms with Gasteiger partial charge in [0.15, 0.2) is 0 Å². The Kier molecular flexibility index (Phi) is 4.64. The predicted octanol–water partition coefficient (Wildman–Crippen LogP) is 2.85. The molecule has 3 amide bonds. The van der Waals surface area contributed by atoms with Crippen LogP contribution in [0.5, 0.6) is 10.9 Å². The summed E-state index contributed by atoms with van der Waals surface area (Å²) in [6.45, 7) is 0.914. The van der Waals surface area contributed by atoms with Gasteiger partial charge in [-0.05, 0) is 30.7 Å². The van der Waals surface area contributed by atoms with Crippen molar-refractivity contribution in [3.8, 4) is 10.9 Å². The van der Waals surface area contributed by atoms with Crippen LogP contribution in [0.3, 0.4) is 0 Å². The third-order valence-electron chi connectivity index (χ3n) is 4.32. The van der Waals surface area contributed by atoms with Gasteiger partial charge in [0.2, 0.25) is 5.91 Å². The topological polar surface area (TPSA) is 79.8 Å². The molecule has 4 rings (SSSR count). The summed E-state index contributed by atoms with van der Waals surface area (Å²) < 4.78 is 5.59. The Balaban J connectivity index is 1.40. The lowest BCUT2D eigenvalue weighted by atomic mass is 10.2. The molecule has 0 saturated carbocycles. The van der Waals surface area contributed by atoms with Crippen molar-refractivity contribution in [2.45, 2.75) is 12.5 Å². The molecule has 2 aromatic rings. The minimum absolute atomic E-state index is 0.111. The largest absolute Gasteiger partial charge is 0.431 e. The minimum Gasteiger partial charge on any atom is -0.431 e. The summed E-state index contributed by atoms with van der Waals surface area (Å²) in [7, 11) is 0. The second-order valence-electron chi connectivity index (χ2n) is 5.94. The number of hydrogen-bond acceptors (Lipinski definition) is 7. The van der Waals surface area contributed by atoms with Crippen molar-refractivity contribution >= 4 is 40.2 Å². The van der Waals surface area contributed by atoms with E-state index in [1.165, 1.54) is 16.2 Å². The van der Waals surface area contributed by atoms with Crippen LogP contribution in [0.2, 0.25) is 0 Å². The molecule has 0 N–H and O–H groups in total. The zero-order chi connectivity index (χ0) is 18.1. The van der Waals surface area contributed by atoms with Crippen molar-refractivity contribution in [2.75, 3.05) is 18.8 Å². The van der Waals surface area contributed by atoms with Crippen LogP contribution >= 0.6 is 23.1 Å². The second-order valence-corrected chi connectivity index (χ2v) is 7.72. The average Bonchev–Trinajstić information content (AvgIpc) is 3.37. The minimum atomic E-state index is -0.221. The number of thioether (sulfide) groups is 1. The number of carbonyl (C=O) groups is 3. The highest BCUT2D eigenvalue weighted by Gasteiger charge is 2.40. The number of thiazole rings is 1. The first kappa shape index (κ1) is 17.0. The Morgan fingerprint density at radius 2 is 2.04 bits per heavy atom. The van der Waals surface area contributed by atoms with Gasteiger partial charge in [-0.25, -0.2) is 4.98 Å². The molecule has 9 heteroatoms. The van der Waals surface area contributed by atoms with Crippen LogP contribution < -0.4 is 4.74 Å². The fourth-order valence-electron chi connectivity index (χ4n) is 3.06. The summed E-state index contributed by atoms with van der Waals surface area (Å²) in [6.07, 6.45) is 2.28. The number of aromatic nitrogens is 1. The van der Waals surface area contributed by atoms with Crippen molar-refractivity contribution in [2.24, 2.45) is 0 Å².